The molecule has 0 N–H and O–H groups in total. The van der Waals surface area contributed by atoms with Gasteiger partial charge in [-0.3, -0.25) is 0 Å². The second-order valence-electron chi connectivity index (χ2n) is 4.98. The van der Waals surface area contributed by atoms with Gasteiger partial charge in [0.25, 0.3) is 0 Å². The molecule has 0 amide bonds. The summed E-state index contributed by atoms with van der Waals surface area (Å²) >= 11 is 0. The molecule has 4 nitrogen and oxygen atoms in total. The highest BCUT2D eigenvalue weighted by molar-refractivity contribution is 5.87. The molecule has 0 aliphatic carbocycles. The Bertz CT molecular complexity index is 845. The fourth-order valence-electron chi connectivity index (χ4n) is 2.15. The number of benzene rings is 2. The van der Waals surface area contributed by atoms with Crippen LogP contribution < -0.4 is 4.74 Å². The number of esters is 1. The Kier molecular flexibility index (Phi) is 4.52. The molecule has 0 atom stereocenters. The summed E-state index contributed by atoms with van der Waals surface area (Å²) in [5, 5.41) is 0. The molecule has 0 radical (unpaired) electrons. The summed E-state index contributed by atoms with van der Waals surface area (Å²) in [4.78, 5) is 15.8. The van der Waals surface area contributed by atoms with Crippen molar-refractivity contribution in [2.45, 2.75) is 0 Å². The first-order valence-electron chi connectivity index (χ1n) is 7.25. The highest BCUT2D eigenvalue weighted by Crippen LogP contribution is 2.25. The first-order chi connectivity index (χ1) is 11.7. The van der Waals surface area contributed by atoms with E-state index in [4.69, 9.17) is 4.74 Å². The molecular formula is C19H14FNO3. The third-order valence-corrected chi connectivity index (χ3v) is 3.34. The van der Waals surface area contributed by atoms with Crippen LogP contribution in [0.1, 0.15) is 10.5 Å². The summed E-state index contributed by atoms with van der Waals surface area (Å²) in [7, 11) is 1.32. The van der Waals surface area contributed by atoms with E-state index in [1.807, 2.05) is 18.2 Å². The number of halogens is 1. The molecule has 0 saturated heterocycles. The van der Waals surface area contributed by atoms with E-state index in [0.29, 0.717) is 17.2 Å². The SMILES string of the molecule is COC(=O)c1cccc(-c2ccc(Oc3ccc(F)cc3)cc2)n1. The van der Waals surface area contributed by atoms with Gasteiger partial charge in [0.2, 0.25) is 0 Å². The van der Waals surface area contributed by atoms with Crippen LogP contribution in [-0.4, -0.2) is 18.1 Å². The first kappa shape index (κ1) is 15.7. The quantitative estimate of drug-likeness (QED) is 0.665. The Morgan fingerprint density at radius 1 is 0.917 bits per heavy atom. The minimum absolute atomic E-state index is 0.252. The van der Waals surface area contributed by atoms with Gasteiger partial charge in [-0.05, 0) is 60.7 Å². The Morgan fingerprint density at radius 3 is 2.17 bits per heavy atom. The molecule has 0 saturated carbocycles. The molecule has 3 rings (SSSR count). The summed E-state index contributed by atoms with van der Waals surface area (Å²) in [6.07, 6.45) is 0. The van der Waals surface area contributed by atoms with Gasteiger partial charge in [0.05, 0.1) is 12.8 Å². The fraction of sp³-hybridized carbons (Fsp3) is 0.0526. The van der Waals surface area contributed by atoms with E-state index in [0.717, 1.165) is 5.56 Å². The minimum Gasteiger partial charge on any atom is -0.464 e. The normalized spacial score (nSPS) is 10.2. The molecule has 120 valence electrons. The van der Waals surface area contributed by atoms with Crippen molar-refractivity contribution in [2.75, 3.05) is 7.11 Å². The van der Waals surface area contributed by atoms with E-state index >= 15 is 0 Å². The second kappa shape index (κ2) is 6.91. The van der Waals surface area contributed by atoms with Gasteiger partial charge in [-0.25, -0.2) is 14.2 Å². The number of ether oxygens (including phenoxy) is 2. The van der Waals surface area contributed by atoms with Crippen molar-refractivity contribution in [3.63, 3.8) is 0 Å². The number of hydrogen-bond donors (Lipinski definition) is 0. The van der Waals surface area contributed by atoms with Gasteiger partial charge in [0.1, 0.15) is 23.0 Å². The largest absolute Gasteiger partial charge is 0.464 e. The maximum Gasteiger partial charge on any atom is 0.356 e. The summed E-state index contributed by atoms with van der Waals surface area (Å²) in [6, 6.07) is 18.2. The Morgan fingerprint density at radius 2 is 1.54 bits per heavy atom. The van der Waals surface area contributed by atoms with Gasteiger partial charge >= 0.3 is 5.97 Å². The molecule has 2 aromatic carbocycles. The zero-order valence-electron chi connectivity index (χ0n) is 12.9. The van der Waals surface area contributed by atoms with Crippen molar-refractivity contribution < 1.29 is 18.7 Å². The standard InChI is InChI=1S/C19H14FNO3/c1-23-19(22)18-4-2-3-17(21-18)13-5-9-15(10-6-13)24-16-11-7-14(20)8-12-16/h2-12H,1H3. The molecule has 1 aromatic heterocycles. The fourth-order valence-corrected chi connectivity index (χ4v) is 2.15. The molecule has 0 bridgehead atoms. The molecule has 0 spiro atoms. The van der Waals surface area contributed by atoms with E-state index in [2.05, 4.69) is 9.72 Å². The highest BCUT2D eigenvalue weighted by Gasteiger charge is 2.08. The lowest BCUT2D eigenvalue weighted by Crippen LogP contribution is -2.04. The number of pyridine rings is 1. The molecule has 24 heavy (non-hydrogen) atoms. The highest BCUT2D eigenvalue weighted by atomic mass is 19.1. The number of carbonyl (C=O) groups excluding carboxylic acids is 1. The van der Waals surface area contributed by atoms with E-state index < -0.39 is 5.97 Å². The van der Waals surface area contributed by atoms with Crippen LogP contribution in [0.2, 0.25) is 0 Å². The predicted octanol–water partition coefficient (Wildman–Crippen LogP) is 4.47. The van der Waals surface area contributed by atoms with Crippen LogP contribution in [0.25, 0.3) is 11.3 Å². The zero-order valence-corrected chi connectivity index (χ0v) is 12.9. The van der Waals surface area contributed by atoms with Gasteiger partial charge in [0.15, 0.2) is 0 Å². The van der Waals surface area contributed by atoms with Crippen molar-refractivity contribution in [3.05, 3.63) is 78.2 Å². The maximum absolute atomic E-state index is 12.9. The Balaban J connectivity index is 1.79. The number of methoxy groups -OCH3 is 1. The van der Waals surface area contributed by atoms with Crippen LogP contribution in [0.4, 0.5) is 4.39 Å². The zero-order chi connectivity index (χ0) is 16.9. The van der Waals surface area contributed by atoms with Crippen molar-refractivity contribution in [1.29, 1.82) is 0 Å². The van der Waals surface area contributed by atoms with Gasteiger partial charge in [0, 0.05) is 5.56 Å². The average molecular weight is 323 g/mol. The number of aromatic nitrogens is 1. The Labute approximate surface area is 138 Å². The first-order valence-corrected chi connectivity index (χ1v) is 7.25. The molecule has 0 unspecified atom stereocenters. The van der Waals surface area contributed by atoms with Crippen LogP contribution in [0, 0.1) is 5.82 Å². The van der Waals surface area contributed by atoms with Crippen LogP contribution in [0.3, 0.4) is 0 Å². The van der Waals surface area contributed by atoms with Crippen LogP contribution in [0.5, 0.6) is 11.5 Å². The number of carbonyl (C=O) groups is 1. The minimum atomic E-state index is -0.479. The van der Waals surface area contributed by atoms with Crippen molar-refractivity contribution in [3.8, 4) is 22.8 Å². The smallest absolute Gasteiger partial charge is 0.356 e. The Hall–Kier alpha value is -3.21. The van der Waals surface area contributed by atoms with Crippen LogP contribution in [-0.2, 0) is 4.74 Å². The van der Waals surface area contributed by atoms with Gasteiger partial charge in [-0.2, -0.15) is 0 Å². The lowest BCUT2D eigenvalue weighted by atomic mass is 10.1. The van der Waals surface area contributed by atoms with Gasteiger partial charge in [-0.15, -0.1) is 0 Å². The number of rotatable bonds is 4. The molecular weight excluding hydrogens is 309 g/mol. The van der Waals surface area contributed by atoms with Crippen LogP contribution >= 0.6 is 0 Å². The lowest BCUT2D eigenvalue weighted by molar-refractivity contribution is 0.0594. The molecule has 0 fully saturated rings. The maximum atomic E-state index is 12.9. The van der Waals surface area contributed by atoms with E-state index in [-0.39, 0.29) is 11.5 Å². The predicted molar refractivity (Wildman–Crippen MR) is 87.5 cm³/mol. The summed E-state index contributed by atoms with van der Waals surface area (Å²) in [5.41, 5.74) is 1.75. The number of hydrogen-bond acceptors (Lipinski definition) is 4. The summed E-state index contributed by atoms with van der Waals surface area (Å²) in [5.74, 6) is 0.381. The number of nitrogens with zero attached hydrogens (tertiary/aromatic N) is 1. The molecule has 5 heteroatoms. The van der Waals surface area contributed by atoms with E-state index in [9.17, 15) is 9.18 Å². The van der Waals surface area contributed by atoms with Crippen LogP contribution in [0.15, 0.2) is 66.7 Å². The summed E-state index contributed by atoms with van der Waals surface area (Å²) in [6.45, 7) is 0. The third-order valence-electron chi connectivity index (χ3n) is 3.34. The van der Waals surface area contributed by atoms with E-state index in [1.165, 1.54) is 19.2 Å². The lowest BCUT2D eigenvalue weighted by Gasteiger charge is -2.07. The molecule has 3 aromatic rings. The summed E-state index contributed by atoms with van der Waals surface area (Å²) < 4.78 is 23.2. The second-order valence-corrected chi connectivity index (χ2v) is 4.98. The van der Waals surface area contributed by atoms with Crippen molar-refractivity contribution in [1.82, 2.24) is 4.98 Å². The van der Waals surface area contributed by atoms with E-state index in [1.54, 1.807) is 36.4 Å². The molecule has 0 aliphatic heterocycles. The monoisotopic (exact) mass is 323 g/mol. The topological polar surface area (TPSA) is 48.4 Å². The van der Waals surface area contributed by atoms with Gasteiger partial charge < -0.3 is 9.47 Å². The third kappa shape index (κ3) is 3.57. The molecule has 1 heterocycles. The van der Waals surface area contributed by atoms with Gasteiger partial charge in [-0.1, -0.05) is 6.07 Å². The van der Waals surface area contributed by atoms with Crippen molar-refractivity contribution >= 4 is 5.97 Å². The molecule has 0 aliphatic rings. The average Bonchev–Trinajstić information content (AvgIpc) is 2.64. The van der Waals surface area contributed by atoms with Crippen molar-refractivity contribution in [2.24, 2.45) is 0 Å².